The van der Waals surface area contributed by atoms with Crippen molar-refractivity contribution in [1.29, 1.82) is 0 Å². The quantitative estimate of drug-likeness (QED) is 0.905. The van der Waals surface area contributed by atoms with Crippen LogP contribution in [0.1, 0.15) is 30.9 Å². The fourth-order valence-electron chi connectivity index (χ4n) is 3.23. The lowest BCUT2D eigenvalue weighted by Crippen LogP contribution is -2.39. The molecule has 1 aliphatic heterocycles. The van der Waals surface area contributed by atoms with E-state index in [1.807, 2.05) is 0 Å². The second-order valence-electron chi connectivity index (χ2n) is 6.06. The lowest BCUT2D eigenvalue weighted by molar-refractivity contribution is 0.122. The first-order valence-corrected chi connectivity index (χ1v) is 7.33. The van der Waals surface area contributed by atoms with Crippen LogP contribution in [0.25, 0.3) is 0 Å². The molecular formula is C16H24N2O. The minimum atomic E-state index is 0.224. The molecular weight excluding hydrogens is 236 g/mol. The van der Waals surface area contributed by atoms with E-state index in [4.69, 9.17) is 10.5 Å². The van der Waals surface area contributed by atoms with Crippen LogP contribution >= 0.6 is 0 Å². The molecule has 3 rings (SSSR count). The molecule has 1 atom stereocenters. The third-order valence-corrected chi connectivity index (χ3v) is 4.70. The topological polar surface area (TPSA) is 38.5 Å². The molecule has 0 spiro atoms. The van der Waals surface area contributed by atoms with Gasteiger partial charge < -0.3 is 15.4 Å². The van der Waals surface area contributed by atoms with E-state index < -0.39 is 0 Å². The standard InChI is InChI=1S/C16H24N2O/c1-12-3-4-14(16(5-6-16)13(2)17)15(11-12)18-7-9-19-10-8-18/h3-4,11,13H,5-10,17H2,1-2H3. The summed E-state index contributed by atoms with van der Waals surface area (Å²) in [6, 6.07) is 7.08. The molecule has 1 unspecified atom stereocenters. The smallest absolute Gasteiger partial charge is 0.0642 e. The van der Waals surface area contributed by atoms with Crippen LogP contribution in [-0.4, -0.2) is 32.3 Å². The van der Waals surface area contributed by atoms with E-state index in [9.17, 15) is 0 Å². The minimum absolute atomic E-state index is 0.224. The number of hydrogen-bond acceptors (Lipinski definition) is 3. The Hall–Kier alpha value is -1.06. The third kappa shape index (κ3) is 2.26. The summed E-state index contributed by atoms with van der Waals surface area (Å²) >= 11 is 0. The number of ether oxygens (including phenoxy) is 1. The van der Waals surface area contributed by atoms with Crippen LogP contribution in [0.3, 0.4) is 0 Å². The van der Waals surface area contributed by atoms with Gasteiger partial charge >= 0.3 is 0 Å². The highest BCUT2D eigenvalue weighted by molar-refractivity contribution is 5.61. The average molecular weight is 260 g/mol. The molecule has 0 amide bonds. The molecule has 0 radical (unpaired) electrons. The number of nitrogens with two attached hydrogens (primary N) is 1. The van der Waals surface area contributed by atoms with Crippen LogP contribution in [0.15, 0.2) is 18.2 Å². The van der Waals surface area contributed by atoms with E-state index in [1.54, 1.807) is 0 Å². The van der Waals surface area contributed by atoms with Gasteiger partial charge in [0.15, 0.2) is 0 Å². The summed E-state index contributed by atoms with van der Waals surface area (Å²) in [6.45, 7) is 7.96. The van der Waals surface area contributed by atoms with E-state index in [1.165, 1.54) is 29.7 Å². The Balaban J connectivity index is 1.99. The van der Waals surface area contributed by atoms with Crippen molar-refractivity contribution >= 4 is 5.69 Å². The molecule has 2 N–H and O–H groups in total. The van der Waals surface area contributed by atoms with Crippen molar-refractivity contribution < 1.29 is 4.74 Å². The van der Waals surface area contributed by atoms with E-state index in [0.29, 0.717) is 0 Å². The first-order valence-electron chi connectivity index (χ1n) is 7.33. The van der Waals surface area contributed by atoms with Crippen LogP contribution in [-0.2, 0) is 10.2 Å². The molecule has 2 fully saturated rings. The number of aryl methyl sites for hydroxylation is 1. The first-order chi connectivity index (χ1) is 9.13. The highest BCUT2D eigenvalue weighted by Gasteiger charge is 2.49. The highest BCUT2D eigenvalue weighted by Crippen LogP contribution is 2.53. The Bertz CT molecular complexity index is 460. The predicted octanol–water partition coefficient (Wildman–Crippen LogP) is 2.21. The summed E-state index contributed by atoms with van der Waals surface area (Å²) < 4.78 is 5.47. The average Bonchev–Trinajstić information content (AvgIpc) is 3.21. The van der Waals surface area contributed by atoms with Gasteiger partial charge in [0, 0.05) is 30.2 Å². The zero-order chi connectivity index (χ0) is 13.5. The van der Waals surface area contributed by atoms with Gasteiger partial charge in [0.1, 0.15) is 0 Å². The molecule has 0 aromatic heterocycles. The summed E-state index contributed by atoms with van der Waals surface area (Å²) in [6.07, 6.45) is 2.45. The van der Waals surface area contributed by atoms with E-state index in [-0.39, 0.29) is 11.5 Å². The largest absolute Gasteiger partial charge is 0.378 e. The van der Waals surface area contributed by atoms with Gasteiger partial charge in [-0.25, -0.2) is 0 Å². The minimum Gasteiger partial charge on any atom is -0.378 e. The lowest BCUT2D eigenvalue weighted by Gasteiger charge is -2.34. The second-order valence-corrected chi connectivity index (χ2v) is 6.06. The van der Waals surface area contributed by atoms with E-state index >= 15 is 0 Å². The molecule has 19 heavy (non-hydrogen) atoms. The van der Waals surface area contributed by atoms with E-state index in [0.717, 1.165) is 26.3 Å². The SMILES string of the molecule is Cc1ccc(C2(C(C)N)CC2)c(N2CCOCC2)c1. The molecule has 2 aliphatic rings. The molecule has 0 bridgehead atoms. The zero-order valence-corrected chi connectivity index (χ0v) is 12.0. The number of benzene rings is 1. The maximum Gasteiger partial charge on any atom is 0.0642 e. The number of anilines is 1. The van der Waals surface area contributed by atoms with Gasteiger partial charge in [-0.15, -0.1) is 0 Å². The summed E-state index contributed by atoms with van der Waals surface area (Å²) in [5, 5.41) is 0. The molecule has 1 heterocycles. The van der Waals surface area contributed by atoms with Crippen molar-refractivity contribution in [2.75, 3.05) is 31.2 Å². The Morgan fingerprint density at radius 2 is 1.95 bits per heavy atom. The monoisotopic (exact) mass is 260 g/mol. The number of morpholine rings is 1. The van der Waals surface area contributed by atoms with Crippen molar-refractivity contribution in [3.05, 3.63) is 29.3 Å². The second kappa shape index (κ2) is 4.80. The number of hydrogen-bond donors (Lipinski definition) is 1. The van der Waals surface area contributed by atoms with Gasteiger partial charge in [-0.2, -0.15) is 0 Å². The Kier molecular flexibility index (Phi) is 3.27. The van der Waals surface area contributed by atoms with Crippen molar-refractivity contribution in [2.45, 2.75) is 38.1 Å². The number of rotatable bonds is 3. The molecule has 1 aromatic carbocycles. The molecule has 1 saturated carbocycles. The predicted molar refractivity (Wildman–Crippen MR) is 78.8 cm³/mol. The lowest BCUT2D eigenvalue weighted by atomic mass is 9.87. The molecule has 3 heteroatoms. The van der Waals surface area contributed by atoms with Crippen LogP contribution in [0.2, 0.25) is 0 Å². The summed E-state index contributed by atoms with van der Waals surface area (Å²) in [5.74, 6) is 0. The van der Waals surface area contributed by atoms with Crippen molar-refractivity contribution in [2.24, 2.45) is 5.73 Å². The fourth-order valence-corrected chi connectivity index (χ4v) is 3.23. The number of nitrogens with zero attached hydrogens (tertiary/aromatic N) is 1. The van der Waals surface area contributed by atoms with E-state index in [2.05, 4.69) is 36.9 Å². The van der Waals surface area contributed by atoms with Gasteiger partial charge in [0.2, 0.25) is 0 Å². The van der Waals surface area contributed by atoms with Crippen molar-refractivity contribution in [3.8, 4) is 0 Å². The van der Waals surface area contributed by atoms with Gasteiger partial charge in [-0.1, -0.05) is 12.1 Å². The van der Waals surface area contributed by atoms with Crippen LogP contribution < -0.4 is 10.6 Å². The van der Waals surface area contributed by atoms with Gasteiger partial charge in [0.25, 0.3) is 0 Å². The summed E-state index contributed by atoms with van der Waals surface area (Å²) in [4.78, 5) is 2.47. The highest BCUT2D eigenvalue weighted by atomic mass is 16.5. The van der Waals surface area contributed by atoms with Crippen LogP contribution in [0.4, 0.5) is 5.69 Å². The Labute approximate surface area is 115 Å². The van der Waals surface area contributed by atoms with Crippen molar-refractivity contribution in [3.63, 3.8) is 0 Å². The third-order valence-electron chi connectivity index (χ3n) is 4.70. The molecule has 1 saturated heterocycles. The summed E-state index contributed by atoms with van der Waals surface area (Å²) in [5.41, 5.74) is 10.6. The van der Waals surface area contributed by atoms with Gasteiger partial charge in [0.05, 0.1) is 13.2 Å². The normalized spacial score (nSPS) is 23.2. The Morgan fingerprint density at radius 1 is 1.26 bits per heavy atom. The van der Waals surface area contributed by atoms with Gasteiger partial charge in [-0.05, 0) is 43.9 Å². The van der Waals surface area contributed by atoms with Gasteiger partial charge in [-0.3, -0.25) is 0 Å². The maximum absolute atomic E-state index is 6.26. The molecule has 104 valence electrons. The maximum atomic E-state index is 6.26. The molecule has 1 aromatic rings. The summed E-state index contributed by atoms with van der Waals surface area (Å²) in [7, 11) is 0. The first kappa shape index (κ1) is 12.9. The van der Waals surface area contributed by atoms with Crippen LogP contribution in [0, 0.1) is 6.92 Å². The molecule has 1 aliphatic carbocycles. The van der Waals surface area contributed by atoms with Crippen molar-refractivity contribution in [1.82, 2.24) is 0 Å². The fraction of sp³-hybridized carbons (Fsp3) is 0.625. The molecule has 3 nitrogen and oxygen atoms in total. The van der Waals surface area contributed by atoms with Crippen LogP contribution in [0.5, 0.6) is 0 Å². The Morgan fingerprint density at radius 3 is 2.53 bits per heavy atom. The zero-order valence-electron chi connectivity index (χ0n) is 12.0.